The van der Waals surface area contributed by atoms with Gasteiger partial charge < -0.3 is 5.32 Å². The minimum Gasteiger partial charge on any atom is -0.352 e. The second-order valence-electron chi connectivity index (χ2n) is 4.60. The molecule has 3 rings (SSSR count). The molecular weight excluding hydrogens is 290 g/mol. The number of rotatable bonds is 5. The first-order valence-corrected chi connectivity index (χ1v) is 8.35. The van der Waals surface area contributed by atoms with Gasteiger partial charge in [-0.05, 0) is 24.8 Å². The first kappa shape index (κ1) is 13.6. The van der Waals surface area contributed by atoms with Crippen molar-refractivity contribution >= 4 is 39.2 Å². The molecule has 0 atom stereocenters. The van der Waals surface area contributed by atoms with E-state index >= 15 is 0 Å². The van der Waals surface area contributed by atoms with Crippen LogP contribution in [0.15, 0.2) is 24.0 Å². The van der Waals surface area contributed by atoms with Gasteiger partial charge in [0.15, 0.2) is 0 Å². The Balaban J connectivity index is 1.81. The van der Waals surface area contributed by atoms with Gasteiger partial charge in [-0.3, -0.25) is 4.79 Å². The fourth-order valence-corrected chi connectivity index (χ4v) is 4.53. The van der Waals surface area contributed by atoms with E-state index in [0.717, 1.165) is 22.7 Å². The topological polar surface area (TPSA) is 54.9 Å². The molecule has 2 heterocycles. The predicted octanol–water partition coefficient (Wildman–Crippen LogP) is 2.57. The van der Waals surface area contributed by atoms with Gasteiger partial charge in [-0.2, -0.15) is 0 Å². The normalized spacial score (nSPS) is 13.4. The Kier molecular flexibility index (Phi) is 4.03. The Hall–Kier alpha value is -1.40. The van der Waals surface area contributed by atoms with E-state index in [4.69, 9.17) is 0 Å². The molecule has 0 bridgehead atoms. The highest BCUT2D eigenvalue weighted by molar-refractivity contribution is 8.00. The molecule has 0 unspecified atom stereocenters. The van der Waals surface area contributed by atoms with Crippen LogP contribution in [0.1, 0.15) is 16.9 Å². The Bertz CT molecular complexity index is 666. The largest absolute Gasteiger partial charge is 0.352 e. The van der Waals surface area contributed by atoms with Crippen LogP contribution < -0.4 is 5.32 Å². The van der Waals surface area contributed by atoms with Crippen molar-refractivity contribution in [3.05, 3.63) is 29.4 Å². The summed E-state index contributed by atoms with van der Waals surface area (Å²) in [5, 5.41) is 4.88. The number of hydrogen-bond donors (Lipinski definition) is 1. The summed E-state index contributed by atoms with van der Waals surface area (Å²) in [6.07, 6.45) is 6.75. The van der Waals surface area contributed by atoms with E-state index in [2.05, 4.69) is 21.9 Å². The third kappa shape index (κ3) is 2.58. The number of aryl methyl sites for hydroxylation is 2. The Morgan fingerprint density at radius 3 is 3.25 bits per heavy atom. The van der Waals surface area contributed by atoms with Gasteiger partial charge in [0.25, 0.3) is 0 Å². The summed E-state index contributed by atoms with van der Waals surface area (Å²) in [5.74, 6) is 0.387. The van der Waals surface area contributed by atoms with Gasteiger partial charge in [-0.1, -0.05) is 17.8 Å². The third-order valence-electron chi connectivity index (χ3n) is 3.25. The minimum absolute atomic E-state index is 0.00790. The summed E-state index contributed by atoms with van der Waals surface area (Å²) in [7, 11) is 0. The highest BCUT2D eigenvalue weighted by Crippen LogP contribution is 2.39. The zero-order valence-electron chi connectivity index (χ0n) is 11.0. The van der Waals surface area contributed by atoms with Crippen LogP contribution in [0.25, 0.3) is 10.2 Å². The third-order valence-corrected chi connectivity index (χ3v) is 5.44. The summed E-state index contributed by atoms with van der Waals surface area (Å²) in [4.78, 5) is 22.9. The maximum absolute atomic E-state index is 11.7. The van der Waals surface area contributed by atoms with Crippen LogP contribution in [0.3, 0.4) is 0 Å². The molecule has 0 saturated heterocycles. The Morgan fingerprint density at radius 2 is 2.40 bits per heavy atom. The van der Waals surface area contributed by atoms with E-state index in [1.165, 1.54) is 34.0 Å². The van der Waals surface area contributed by atoms with Crippen LogP contribution in [0, 0.1) is 0 Å². The van der Waals surface area contributed by atoms with Gasteiger partial charge in [-0.15, -0.1) is 17.9 Å². The highest BCUT2D eigenvalue weighted by Gasteiger charge is 2.21. The van der Waals surface area contributed by atoms with Crippen LogP contribution in [0.5, 0.6) is 0 Å². The molecule has 0 fully saturated rings. The second kappa shape index (κ2) is 5.93. The number of hydrogen-bond acceptors (Lipinski definition) is 5. The van der Waals surface area contributed by atoms with Gasteiger partial charge in [0, 0.05) is 16.8 Å². The average Bonchev–Trinajstić information content (AvgIpc) is 3.03. The highest BCUT2D eigenvalue weighted by atomic mass is 32.2. The predicted molar refractivity (Wildman–Crippen MR) is 83.4 cm³/mol. The molecule has 0 radical (unpaired) electrons. The van der Waals surface area contributed by atoms with Crippen molar-refractivity contribution in [1.82, 2.24) is 15.3 Å². The zero-order chi connectivity index (χ0) is 13.9. The smallest absolute Gasteiger partial charge is 0.230 e. The number of aromatic nitrogens is 2. The van der Waals surface area contributed by atoms with E-state index in [-0.39, 0.29) is 5.91 Å². The van der Waals surface area contributed by atoms with Gasteiger partial charge in [0.1, 0.15) is 16.2 Å². The fraction of sp³-hybridized carbons (Fsp3) is 0.357. The number of nitrogens with one attached hydrogen (secondary N) is 1. The molecule has 104 valence electrons. The van der Waals surface area contributed by atoms with E-state index in [1.807, 2.05) is 0 Å². The molecule has 1 amide bonds. The minimum atomic E-state index is 0.00790. The Morgan fingerprint density at radius 1 is 1.50 bits per heavy atom. The van der Waals surface area contributed by atoms with E-state index in [0.29, 0.717) is 12.3 Å². The molecule has 0 saturated carbocycles. The van der Waals surface area contributed by atoms with Crippen molar-refractivity contribution in [3.63, 3.8) is 0 Å². The van der Waals surface area contributed by atoms with Crippen molar-refractivity contribution in [1.29, 1.82) is 0 Å². The summed E-state index contributed by atoms with van der Waals surface area (Å²) in [6, 6.07) is 0. The molecule has 0 spiro atoms. The van der Waals surface area contributed by atoms with Crippen LogP contribution in [-0.2, 0) is 17.6 Å². The van der Waals surface area contributed by atoms with E-state index < -0.39 is 0 Å². The first-order chi connectivity index (χ1) is 9.79. The van der Waals surface area contributed by atoms with Crippen LogP contribution in [0.4, 0.5) is 0 Å². The molecule has 4 nitrogen and oxygen atoms in total. The van der Waals surface area contributed by atoms with Crippen molar-refractivity contribution in [2.24, 2.45) is 0 Å². The molecule has 0 aromatic carbocycles. The van der Waals surface area contributed by atoms with E-state index in [1.54, 1.807) is 23.7 Å². The molecule has 1 aliphatic rings. The number of amides is 1. The lowest BCUT2D eigenvalue weighted by molar-refractivity contribution is -0.118. The van der Waals surface area contributed by atoms with Gasteiger partial charge in [0.05, 0.1) is 5.75 Å². The van der Waals surface area contributed by atoms with Crippen molar-refractivity contribution in [2.45, 2.75) is 24.3 Å². The lowest BCUT2D eigenvalue weighted by Crippen LogP contribution is -2.24. The van der Waals surface area contributed by atoms with Crippen LogP contribution in [0.2, 0.25) is 0 Å². The maximum atomic E-state index is 11.7. The van der Waals surface area contributed by atoms with Crippen LogP contribution in [-0.4, -0.2) is 28.2 Å². The first-order valence-electron chi connectivity index (χ1n) is 6.55. The van der Waals surface area contributed by atoms with Crippen molar-refractivity contribution in [3.8, 4) is 0 Å². The molecule has 1 N–H and O–H groups in total. The van der Waals surface area contributed by atoms with Crippen molar-refractivity contribution < 1.29 is 4.79 Å². The number of nitrogens with zero attached hydrogens (tertiary/aromatic N) is 2. The zero-order valence-corrected chi connectivity index (χ0v) is 12.6. The monoisotopic (exact) mass is 305 g/mol. The summed E-state index contributed by atoms with van der Waals surface area (Å²) in [5.41, 5.74) is 1.40. The molecule has 20 heavy (non-hydrogen) atoms. The summed E-state index contributed by atoms with van der Waals surface area (Å²) >= 11 is 3.26. The van der Waals surface area contributed by atoms with E-state index in [9.17, 15) is 4.79 Å². The second-order valence-corrected chi connectivity index (χ2v) is 6.65. The maximum Gasteiger partial charge on any atom is 0.230 e. The van der Waals surface area contributed by atoms with Gasteiger partial charge in [0.2, 0.25) is 5.91 Å². The molecule has 0 aliphatic heterocycles. The average molecular weight is 305 g/mol. The number of fused-ring (bicyclic) bond motifs is 3. The lowest BCUT2D eigenvalue weighted by Gasteiger charge is -2.04. The molecule has 6 heteroatoms. The summed E-state index contributed by atoms with van der Waals surface area (Å²) in [6.45, 7) is 4.09. The number of carbonyl (C=O) groups excluding carboxylic acids is 1. The lowest BCUT2D eigenvalue weighted by atomic mass is 10.2. The quantitative estimate of drug-likeness (QED) is 0.524. The fourth-order valence-electron chi connectivity index (χ4n) is 2.38. The SMILES string of the molecule is C=CCNC(=O)CSc1ncnc2sc3c(c12)CCC3. The van der Waals surface area contributed by atoms with Crippen molar-refractivity contribution in [2.75, 3.05) is 12.3 Å². The standard InChI is InChI=1S/C14H15N3OS2/c1-2-6-15-11(18)7-19-13-12-9-4-3-5-10(9)20-14(12)17-8-16-13/h2,8H,1,3-7H2,(H,15,18). The number of thioether (sulfide) groups is 1. The molecule has 2 aromatic heterocycles. The molecule has 1 aliphatic carbocycles. The van der Waals surface area contributed by atoms with Gasteiger partial charge in [-0.25, -0.2) is 9.97 Å². The molecular formula is C14H15N3OS2. The number of thiophene rings is 1. The van der Waals surface area contributed by atoms with Gasteiger partial charge >= 0.3 is 0 Å². The summed E-state index contributed by atoms with van der Waals surface area (Å²) < 4.78 is 0. The number of carbonyl (C=O) groups is 1. The Labute approximate surface area is 125 Å². The van der Waals surface area contributed by atoms with Crippen LogP contribution >= 0.6 is 23.1 Å². The molecule has 2 aromatic rings.